The molecule has 102 valence electrons. The number of ether oxygens (including phenoxy) is 1. The van der Waals surface area contributed by atoms with E-state index in [2.05, 4.69) is 29.4 Å². The molecular weight excluding hydrogens is 246 g/mol. The lowest BCUT2D eigenvalue weighted by molar-refractivity contribution is 0.00150. The van der Waals surface area contributed by atoms with E-state index in [0.717, 1.165) is 22.6 Å². The SMILES string of the molecule is CCNc1nnc(COC2CCCC(CC)C2)s1. The first-order valence-corrected chi connectivity index (χ1v) is 7.81. The van der Waals surface area contributed by atoms with Crippen molar-refractivity contribution in [3.63, 3.8) is 0 Å². The summed E-state index contributed by atoms with van der Waals surface area (Å²) >= 11 is 1.59. The molecule has 1 N–H and O–H groups in total. The fourth-order valence-corrected chi connectivity index (χ4v) is 3.22. The molecule has 2 unspecified atom stereocenters. The van der Waals surface area contributed by atoms with Crippen LogP contribution in [0.3, 0.4) is 0 Å². The number of nitrogens with one attached hydrogen (secondary N) is 1. The van der Waals surface area contributed by atoms with E-state index in [9.17, 15) is 0 Å². The standard InChI is InChI=1S/C13H23N3OS/c1-3-10-6-5-7-11(8-10)17-9-12-15-16-13(18-12)14-4-2/h10-11H,3-9H2,1-2H3,(H,14,16). The maximum atomic E-state index is 5.97. The maximum Gasteiger partial charge on any atom is 0.205 e. The molecule has 1 saturated carbocycles. The molecule has 1 aromatic rings. The molecule has 1 aromatic heterocycles. The Morgan fingerprint density at radius 1 is 1.33 bits per heavy atom. The van der Waals surface area contributed by atoms with E-state index in [1.165, 1.54) is 32.1 Å². The molecule has 5 heteroatoms. The van der Waals surface area contributed by atoms with Crippen molar-refractivity contribution in [2.45, 2.75) is 58.7 Å². The molecule has 1 aliphatic carbocycles. The summed E-state index contributed by atoms with van der Waals surface area (Å²) in [6.07, 6.45) is 6.81. The molecule has 4 nitrogen and oxygen atoms in total. The zero-order valence-electron chi connectivity index (χ0n) is 11.3. The molecule has 18 heavy (non-hydrogen) atoms. The molecule has 0 radical (unpaired) electrons. The Hall–Kier alpha value is -0.680. The Kier molecular flexibility index (Phi) is 5.38. The maximum absolute atomic E-state index is 5.97. The van der Waals surface area contributed by atoms with Crippen LogP contribution in [0.5, 0.6) is 0 Å². The molecule has 2 atom stereocenters. The summed E-state index contributed by atoms with van der Waals surface area (Å²) in [6.45, 7) is 5.84. The van der Waals surface area contributed by atoms with Crippen LogP contribution in [0.2, 0.25) is 0 Å². The highest BCUT2D eigenvalue weighted by molar-refractivity contribution is 7.15. The van der Waals surface area contributed by atoms with Crippen LogP contribution in [0, 0.1) is 5.92 Å². The molecule has 0 spiro atoms. The minimum Gasteiger partial charge on any atom is -0.371 e. The van der Waals surface area contributed by atoms with Gasteiger partial charge in [-0.1, -0.05) is 37.5 Å². The molecule has 2 rings (SSSR count). The van der Waals surface area contributed by atoms with E-state index in [1.807, 2.05) is 0 Å². The molecule has 0 bridgehead atoms. The largest absolute Gasteiger partial charge is 0.371 e. The summed E-state index contributed by atoms with van der Waals surface area (Å²) in [7, 11) is 0. The van der Waals surface area contributed by atoms with E-state index < -0.39 is 0 Å². The third-order valence-electron chi connectivity index (χ3n) is 3.55. The van der Waals surface area contributed by atoms with Gasteiger partial charge in [-0.2, -0.15) is 0 Å². The molecular formula is C13H23N3OS. The van der Waals surface area contributed by atoms with Crippen molar-refractivity contribution >= 4 is 16.5 Å². The number of anilines is 1. The Balaban J connectivity index is 1.76. The van der Waals surface area contributed by atoms with Gasteiger partial charge in [0.1, 0.15) is 11.6 Å². The van der Waals surface area contributed by atoms with Crippen LogP contribution in [0.4, 0.5) is 5.13 Å². The summed E-state index contributed by atoms with van der Waals surface area (Å²) in [5.74, 6) is 0.857. The second kappa shape index (κ2) is 7.04. The fourth-order valence-electron chi connectivity index (χ4n) is 2.49. The smallest absolute Gasteiger partial charge is 0.205 e. The van der Waals surface area contributed by atoms with Crippen LogP contribution >= 0.6 is 11.3 Å². The topological polar surface area (TPSA) is 47.0 Å². The average Bonchev–Trinajstić information content (AvgIpc) is 2.85. The van der Waals surface area contributed by atoms with Gasteiger partial charge in [-0.15, -0.1) is 10.2 Å². The van der Waals surface area contributed by atoms with Crippen molar-refractivity contribution in [1.82, 2.24) is 10.2 Å². The highest BCUT2D eigenvalue weighted by Crippen LogP contribution is 2.29. The van der Waals surface area contributed by atoms with Crippen molar-refractivity contribution in [3.8, 4) is 0 Å². The van der Waals surface area contributed by atoms with E-state index in [-0.39, 0.29) is 0 Å². The summed E-state index contributed by atoms with van der Waals surface area (Å²) in [5.41, 5.74) is 0. The molecule has 1 aliphatic rings. The van der Waals surface area contributed by atoms with Crippen LogP contribution in [0.25, 0.3) is 0 Å². The first kappa shape index (κ1) is 13.7. The molecule has 1 fully saturated rings. The summed E-state index contributed by atoms with van der Waals surface area (Å²) in [4.78, 5) is 0. The Labute approximate surface area is 113 Å². The summed E-state index contributed by atoms with van der Waals surface area (Å²) < 4.78 is 5.97. The normalized spacial score (nSPS) is 24.1. The molecule has 0 saturated heterocycles. The van der Waals surface area contributed by atoms with Gasteiger partial charge in [-0.3, -0.25) is 0 Å². The lowest BCUT2D eigenvalue weighted by atomic mass is 9.85. The van der Waals surface area contributed by atoms with E-state index in [0.29, 0.717) is 12.7 Å². The van der Waals surface area contributed by atoms with Crippen LogP contribution in [-0.4, -0.2) is 22.8 Å². The van der Waals surface area contributed by atoms with Crippen molar-refractivity contribution in [2.24, 2.45) is 5.92 Å². The molecule has 0 amide bonds. The minimum atomic E-state index is 0.426. The predicted molar refractivity (Wildman–Crippen MR) is 74.9 cm³/mol. The number of hydrogen-bond donors (Lipinski definition) is 1. The number of hydrogen-bond acceptors (Lipinski definition) is 5. The third kappa shape index (κ3) is 3.92. The van der Waals surface area contributed by atoms with Crippen LogP contribution in [-0.2, 0) is 11.3 Å². The Bertz CT molecular complexity index is 356. The Morgan fingerprint density at radius 3 is 3.00 bits per heavy atom. The highest BCUT2D eigenvalue weighted by atomic mass is 32.1. The predicted octanol–water partition coefficient (Wildman–Crippen LogP) is 3.46. The van der Waals surface area contributed by atoms with Gasteiger partial charge >= 0.3 is 0 Å². The zero-order chi connectivity index (χ0) is 12.8. The minimum absolute atomic E-state index is 0.426. The van der Waals surface area contributed by atoms with Gasteiger partial charge in [0.05, 0.1) is 6.10 Å². The van der Waals surface area contributed by atoms with Crippen LogP contribution in [0.1, 0.15) is 51.0 Å². The lowest BCUT2D eigenvalue weighted by Crippen LogP contribution is -2.22. The van der Waals surface area contributed by atoms with Gasteiger partial charge < -0.3 is 10.1 Å². The second-order valence-corrected chi connectivity index (χ2v) is 5.97. The van der Waals surface area contributed by atoms with Crippen molar-refractivity contribution in [3.05, 3.63) is 5.01 Å². The molecule has 1 heterocycles. The van der Waals surface area contributed by atoms with Gasteiger partial charge in [0.2, 0.25) is 5.13 Å². The highest BCUT2D eigenvalue weighted by Gasteiger charge is 2.21. The molecule has 0 aromatic carbocycles. The Morgan fingerprint density at radius 2 is 2.22 bits per heavy atom. The second-order valence-electron chi connectivity index (χ2n) is 4.91. The lowest BCUT2D eigenvalue weighted by Gasteiger charge is -2.28. The first-order chi connectivity index (χ1) is 8.81. The van der Waals surface area contributed by atoms with Crippen LogP contribution < -0.4 is 5.32 Å². The van der Waals surface area contributed by atoms with Crippen molar-refractivity contribution < 1.29 is 4.74 Å². The van der Waals surface area contributed by atoms with Crippen molar-refractivity contribution in [2.75, 3.05) is 11.9 Å². The first-order valence-electron chi connectivity index (χ1n) is 6.99. The number of rotatable bonds is 6. The molecule has 0 aliphatic heterocycles. The number of nitrogens with zero attached hydrogens (tertiary/aromatic N) is 2. The van der Waals surface area contributed by atoms with Gasteiger partial charge in [0, 0.05) is 6.54 Å². The monoisotopic (exact) mass is 269 g/mol. The van der Waals surface area contributed by atoms with Crippen molar-refractivity contribution in [1.29, 1.82) is 0 Å². The van der Waals surface area contributed by atoms with Gasteiger partial charge in [0.15, 0.2) is 0 Å². The van der Waals surface area contributed by atoms with Gasteiger partial charge in [-0.05, 0) is 25.7 Å². The van der Waals surface area contributed by atoms with Crippen LogP contribution in [0.15, 0.2) is 0 Å². The van der Waals surface area contributed by atoms with E-state index in [1.54, 1.807) is 11.3 Å². The van der Waals surface area contributed by atoms with Gasteiger partial charge in [-0.25, -0.2) is 0 Å². The average molecular weight is 269 g/mol. The number of aromatic nitrogens is 2. The van der Waals surface area contributed by atoms with E-state index >= 15 is 0 Å². The fraction of sp³-hybridized carbons (Fsp3) is 0.846. The van der Waals surface area contributed by atoms with Gasteiger partial charge in [0.25, 0.3) is 0 Å². The zero-order valence-corrected chi connectivity index (χ0v) is 12.1. The quantitative estimate of drug-likeness (QED) is 0.859. The summed E-state index contributed by atoms with van der Waals surface area (Å²) in [6, 6.07) is 0. The summed E-state index contributed by atoms with van der Waals surface area (Å²) in [5, 5.41) is 13.3. The third-order valence-corrected chi connectivity index (χ3v) is 4.40. The van der Waals surface area contributed by atoms with E-state index in [4.69, 9.17) is 4.74 Å².